The maximum Gasteiger partial charge on any atom is 0.407 e. The number of carbonyl (C=O) groups is 3. The molecule has 2 aromatic rings. The van der Waals surface area contributed by atoms with Crippen molar-refractivity contribution in [1.82, 2.24) is 10.6 Å². The van der Waals surface area contributed by atoms with Crippen LogP contribution >= 0.6 is 0 Å². The number of carboxylic acids is 1. The number of nitrogens with one attached hydrogen (secondary N) is 2. The Morgan fingerprint density at radius 3 is 2.15 bits per heavy atom. The van der Waals surface area contributed by atoms with Gasteiger partial charge in [-0.3, -0.25) is 4.79 Å². The zero-order valence-electron chi connectivity index (χ0n) is 19.2. The molecule has 2 amide bonds. The quantitative estimate of drug-likeness (QED) is 0.468. The van der Waals surface area contributed by atoms with Crippen molar-refractivity contribution in [2.24, 2.45) is 5.92 Å². The number of benzene rings is 2. The number of ether oxygens (including phenoxy) is 2. The first-order valence-electron chi connectivity index (χ1n) is 11.6. The molecule has 2 aliphatic rings. The molecule has 0 saturated heterocycles. The lowest BCUT2D eigenvalue weighted by Gasteiger charge is -2.22. The smallest absolute Gasteiger partial charge is 0.407 e. The van der Waals surface area contributed by atoms with Crippen LogP contribution in [0.25, 0.3) is 11.1 Å². The van der Waals surface area contributed by atoms with E-state index in [0.717, 1.165) is 35.1 Å². The van der Waals surface area contributed by atoms with Gasteiger partial charge in [0.25, 0.3) is 0 Å². The molecule has 4 rings (SSSR count). The molecule has 0 heterocycles. The second-order valence-electron chi connectivity index (χ2n) is 8.88. The van der Waals surface area contributed by atoms with Crippen LogP contribution in [0.1, 0.15) is 42.7 Å². The molecule has 180 valence electrons. The molecule has 1 saturated carbocycles. The van der Waals surface area contributed by atoms with Crippen molar-refractivity contribution >= 4 is 18.0 Å². The van der Waals surface area contributed by atoms with Crippen molar-refractivity contribution in [2.45, 2.75) is 43.7 Å². The minimum atomic E-state index is -1.08. The number of carboxylic acid groups (broad SMARTS) is 1. The molecule has 2 atom stereocenters. The van der Waals surface area contributed by atoms with E-state index >= 15 is 0 Å². The molecular weight excluding hydrogens is 436 g/mol. The fourth-order valence-corrected chi connectivity index (χ4v) is 4.47. The molecule has 8 heteroatoms. The molecule has 0 spiro atoms. The largest absolute Gasteiger partial charge is 0.480 e. The van der Waals surface area contributed by atoms with Gasteiger partial charge in [-0.2, -0.15) is 0 Å². The number of rotatable bonds is 11. The summed E-state index contributed by atoms with van der Waals surface area (Å²) in [6.07, 6.45) is 1.81. The van der Waals surface area contributed by atoms with Crippen LogP contribution in [0.15, 0.2) is 48.5 Å². The maximum atomic E-state index is 12.8. The summed E-state index contributed by atoms with van der Waals surface area (Å²) in [7, 11) is 1.50. The van der Waals surface area contributed by atoms with Gasteiger partial charge in [-0.25, -0.2) is 9.59 Å². The summed E-state index contributed by atoms with van der Waals surface area (Å²) in [6.45, 7) is 0.347. The molecule has 2 aromatic carbocycles. The molecule has 0 bridgehead atoms. The van der Waals surface area contributed by atoms with Gasteiger partial charge < -0.3 is 25.2 Å². The van der Waals surface area contributed by atoms with Crippen molar-refractivity contribution in [3.8, 4) is 11.1 Å². The van der Waals surface area contributed by atoms with Crippen molar-refractivity contribution in [1.29, 1.82) is 0 Å². The van der Waals surface area contributed by atoms with Gasteiger partial charge in [0.15, 0.2) is 0 Å². The van der Waals surface area contributed by atoms with Crippen molar-refractivity contribution in [3.05, 3.63) is 59.7 Å². The summed E-state index contributed by atoms with van der Waals surface area (Å²) < 4.78 is 10.6. The Kier molecular flexibility index (Phi) is 7.47. The van der Waals surface area contributed by atoms with E-state index in [1.165, 1.54) is 7.11 Å². The third kappa shape index (κ3) is 5.56. The highest BCUT2D eigenvalue weighted by Gasteiger charge is 2.33. The minimum Gasteiger partial charge on any atom is -0.480 e. The summed E-state index contributed by atoms with van der Waals surface area (Å²) in [5, 5.41) is 14.6. The number of methoxy groups -OCH3 is 1. The van der Waals surface area contributed by atoms with Gasteiger partial charge in [-0.1, -0.05) is 61.4 Å². The Morgan fingerprint density at radius 2 is 1.59 bits per heavy atom. The zero-order chi connectivity index (χ0) is 24.1. The molecular formula is C26H30N2O6. The Balaban J connectivity index is 1.38. The highest BCUT2D eigenvalue weighted by molar-refractivity contribution is 5.89. The lowest BCUT2D eigenvalue weighted by Crippen LogP contribution is -2.52. The van der Waals surface area contributed by atoms with Crippen LogP contribution in [0.5, 0.6) is 0 Å². The number of fused-ring (bicyclic) bond motifs is 3. The SMILES string of the molecule is COCCC(NC(=O)OCC1c2ccccc2-c2ccccc21)C(=O)N[C@@H](CC1CC1)C(=O)O. The lowest BCUT2D eigenvalue weighted by molar-refractivity contribution is -0.142. The van der Waals surface area contributed by atoms with E-state index in [0.29, 0.717) is 12.3 Å². The summed E-state index contributed by atoms with van der Waals surface area (Å²) in [6, 6.07) is 14.1. The second kappa shape index (κ2) is 10.7. The van der Waals surface area contributed by atoms with Crippen LogP contribution < -0.4 is 10.6 Å². The van der Waals surface area contributed by atoms with Gasteiger partial charge in [0, 0.05) is 26.1 Å². The van der Waals surface area contributed by atoms with E-state index < -0.39 is 30.1 Å². The maximum absolute atomic E-state index is 12.8. The highest BCUT2D eigenvalue weighted by atomic mass is 16.5. The monoisotopic (exact) mass is 466 g/mol. The van der Waals surface area contributed by atoms with E-state index in [-0.39, 0.29) is 25.6 Å². The molecule has 0 radical (unpaired) electrons. The van der Waals surface area contributed by atoms with E-state index in [4.69, 9.17) is 9.47 Å². The Morgan fingerprint density at radius 1 is 0.971 bits per heavy atom. The van der Waals surface area contributed by atoms with Crippen molar-refractivity contribution in [3.63, 3.8) is 0 Å². The second-order valence-corrected chi connectivity index (χ2v) is 8.88. The number of hydrogen-bond donors (Lipinski definition) is 3. The third-order valence-corrected chi connectivity index (χ3v) is 6.44. The van der Waals surface area contributed by atoms with Crippen molar-refractivity contribution in [2.75, 3.05) is 20.3 Å². The van der Waals surface area contributed by atoms with E-state index in [1.54, 1.807) is 0 Å². The first-order valence-corrected chi connectivity index (χ1v) is 11.6. The minimum absolute atomic E-state index is 0.0978. The topological polar surface area (TPSA) is 114 Å². The van der Waals surface area contributed by atoms with Crippen LogP contribution in [0.4, 0.5) is 4.79 Å². The number of amides is 2. The van der Waals surface area contributed by atoms with Gasteiger partial charge in [0.2, 0.25) is 5.91 Å². The summed E-state index contributed by atoms with van der Waals surface area (Å²) in [4.78, 5) is 37.0. The first-order chi connectivity index (χ1) is 16.5. The van der Waals surface area contributed by atoms with Gasteiger partial charge >= 0.3 is 12.1 Å². The average molecular weight is 467 g/mol. The summed E-state index contributed by atoms with van der Waals surface area (Å²) in [5.41, 5.74) is 4.43. The fraction of sp³-hybridized carbons (Fsp3) is 0.423. The Hall–Kier alpha value is -3.39. The van der Waals surface area contributed by atoms with Crippen LogP contribution in [0, 0.1) is 5.92 Å². The summed E-state index contributed by atoms with van der Waals surface area (Å²) in [5.74, 6) is -1.40. The Bertz CT molecular complexity index is 1010. The van der Waals surface area contributed by atoms with E-state index in [1.807, 2.05) is 36.4 Å². The van der Waals surface area contributed by atoms with Crippen LogP contribution in [-0.2, 0) is 19.1 Å². The zero-order valence-corrected chi connectivity index (χ0v) is 19.2. The lowest BCUT2D eigenvalue weighted by atomic mass is 9.98. The molecule has 3 N–H and O–H groups in total. The molecule has 1 fully saturated rings. The predicted molar refractivity (Wildman–Crippen MR) is 125 cm³/mol. The van der Waals surface area contributed by atoms with Crippen molar-refractivity contribution < 1.29 is 29.0 Å². The highest BCUT2D eigenvalue weighted by Crippen LogP contribution is 2.44. The van der Waals surface area contributed by atoms with E-state index in [2.05, 4.69) is 22.8 Å². The normalized spacial score (nSPS) is 16.1. The van der Waals surface area contributed by atoms with Gasteiger partial charge in [0.05, 0.1) is 0 Å². The fourth-order valence-electron chi connectivity index (χ4n) is 4.47. The average Bonchev–Trinajstić information content (AvgIpc) is 3.60. The Labute approximate surface area is 198 Å². The third-order valence-electron chi connectivity index (χ3n) is 6.44. The number of hydrogen-bond acceptors (Lipinski definition) is 5. The molecule has 2 aliphatic carbocycles. The number of carbonyl (C=O) groups excluding carboxylic acids is 2. The van der Waals surface area contributed by atoms with Gasteiger partial charge in [0.1, 0.15) is 18.7 Å². The van der Waals surface area contributed by atoms with Crippen LogP contribution in [0.2, 0.25) is 0 Å². The molecule has 8 nitrogen and oxygen atoms in total. The first kappa shape index (κ1) is 23.8. The molecule has 34 heavy (non-hydrogen) atoms. The van der Waals surface area contributed by atoms with Crippen LogP contribution in [-0.4, -0.2) is 55.5 Å². The van der Waals surface area contributed by atoms with Gasteiger partial charge in [-0.15, -0.1) is 0 Å². The molecule has 1 unspecified atom stereocenters. The molecule has 0 aliphatic heterocycles. The van der Waals surface area contributed by atoms with E-state index in [9.17, 15) is 19.5 Å². The standard InChI is InChI=1S/C26H30N2O6/c1-33-13-12-22(24(29)27-23(25(30)31)14-16-10-11-16)28-26(32)34-15-21-19-8-4-2-6-17(19)18-7-3-5-9-20(18)21/h2-9,16,21-23H,10-15H2,1H3,(H,27,29)(H,28,32)(H,30,31)/t22?,23-/m0/s1. The summed E-state index contributed by atoms with van der Waals surface area (Å²) >= 11 is 0. The number of alkyl carbamates (subject to hydrolysis) is 1. The predicted octanol–water partition coefficient (Wildman–Crippen LogP) is 3.30. The van der Waals surface area contributed by atoms with Gasteiger partial charge in [-0.05, 0) is 34.6 Å². The van der Waals surface area contributed by atoms with Crippen LogP contribution in [0.3, 0.4) is 0 Å². The number of aliphatic carboxylic acids is 1. The molecule has 0 aromatic heterocycles.